The maximum absolute atomic E-state index is 15.3. The van der Waals surface area contributed by atoms with Crippen LogP contribution in [-0.2, 0) is 11.3 Å². The van der Waals surface area contributed by atoms with Crippen molar-refractivity contribution in [1.29, 1.82) is 0 Å². The first-order valence-corrected chi connectivity index (χ1v) is 9.26. The number of β-amino-alcohol motifs (C(OH)–C–C–N with tert-alkyl or cyclic N) is 1. The molecule has 2 aromatic carbocycles. The number of carbonyl (C=O) groups excluding carboxylic acids is 1. The number of hydrogen-bond donors (Lipinski definition) is 3. The Morgan fingerprint density at radius 1 is 1.29 bits per heavy atom. The molecule has 0 bridgehead atoms. The highest BCUT2D eigenvalue weighted by atomic mass is 19.1. The first-order valence-electron chi connectivity index (χ1n) is 9.26. The monoisotopic (exact) mass is 383 g/mol. The lowest BCUT2D eigenvalue weighted by Crippen LogP contribution is -2.39. The van der Waals surface area contributed by atoms with Crippen molar-refractivity contribution in [1.82, 2.24) is 5.32 Å². The minimum absolute atomic E-state index is 0.00374. The molecule has 4 N–H and O–H groups in total. The van der Waals surface area contributed by atoms with Crippen LogP contribution in [-0.4, -0.2) is 30.2 Å². The standard InChI is InChI=1S/C21H22FN3O3/c22-20-13(4-3-5-15(20)14-8-9-24-10-17(14)26)11-25-12-19(21(23)27)28-18-7-2-1-6-16(18)25/h1-7,12,14,17,24,26H,8-11H2,(H2,23,27). The molecule has 6 nitrogen and oxygen atoms in total. The molecule has 0 aliphatic carbocycles. The van der Waals surface area contributed by atoms with Crippen LogP contribution in [0.25, 0.3) is 0 Å². The fourth-order valence-corrected chi connectivity index (χ4v) is 3.78. The molecule has 2 heterocycles. The molecule has 1 saturated heterocycles. The number of carbonyl (C=O) groups is 1. The van der Waals surface area contributed by atoms with Crippen molar-refractivity contribution >= 4 is 11.6 Å². The van der Waals surface area contributed by atoms with E-state index < -0.39 is 12.0 Å². The molecule has 2 atom stereocenters. The van der Waals surface area contributed by atoms with Gasteiger partial charge >= 0.3 is 0 Å². The predicted molar refractivity (Wildman–Crippen MR) is 103 cm³/mol. The molecule has 146 valence electrons. The summed E-state index contributed by atoms with van der Waals surface area (Å²) in [6.45, 7) is 1.40. The highest BCUT2D eigenvalue weighted by molar-refractivity contribution is 5.92. The molecule has 0 spiro atoms. The third kappa shape index (κ3) is 3.46. The van der Waals surface area contributed by atoms with Crippen molar-refractivity contribution in [2.45, 2.75) is 25.0 Å². The molecule has 28 heavy (non-hydrogen) atoms. The average Bonchev–Trinajstić information content (AvgIpc) is 2.70. The Bertz CT molecular complexity index is 931. The predicted octanol–water partition coefficient (Wildman–Crippen LogP) is 1.99. The second-order valence-corrected chi connectivity index (χ2v) is 7.04. The summed E-state index contributed by atoms with van der Waals surface area (Å²) < 4.78 is 20.9. The lowest BCUT2D eigenvalue weighted by Gasteiger charge is -2.31. The van der Waals surface area contributed by atoms with Crippen LogP contribution in [0.3, 0.4) is 0 Å². The number of benzene rings is 2. The maximum Gasteiger partial charge on any atom is 0.285 e. The quantitative estimate of drug-likeness (QED) is 0.752. The van der Waals surface area contributed by atoms with Crippen molar-refractivity contribution in [2.24, 2.45) is 5.73 Å². The van der Waals surface area contributed by atoms with Crippen LogP contribution in [0, 0.1) is 5.82 Å². The van der Waals surface area contributed by atoms with E-state index in [4.69, 9.17) is 10.5 Å². The summed E-state index contributed by atoms with van der Waals surface area (Å²) in [7, 11) is 0. The van der Waals surface area contributed by atoms with E-state index >= 15 is 4.39 Å². The number of para-hydroxylation sites is 2. The van der Waals surface area contributed by atoms with Crippen molar-refractivity contribution in [2.75, 3.05) is 18.0 Å². The molecule has 2 aliphatic rings. The van der Waals surface area contributed by atoms with Gasteiger partial charge in [0.2, 0.25) is 5.76 Å². The molecule has 7 heteroatoms. The molecule has 0 saturated carbocycles. The van der Waals surface area contributed by atoms with Gasteiger partial charge in [0.15, 0.2) is 5.75 Å². The van der Waals surface area contributed by atoms with Gasteiger partial charge in [-0.2, -0.15) is 0 Å². The normalized spacial score (nSPS) is 21.5. The summed E-state index contributed by atoms with van der Waals surface area (Å²) in [6.07, 6.45) is 1.55. The van der Waals surface area contributed by atoms with Crippen molar-refractivity contribution < 1.29 is 19.0 Å². The fourth-order valence-electron chi connectivity index (χ4n) is 3.78. The van der Waals surface area contributed by atoms with Crippen LogP contribution in [0.15, 0.2) is 54.4 Å². The van der Waals surface area contributed by atoms with E-state index in [1.54, 1.807) is 35.2 Å². The number of aliphatic hydroxyl groups is 1. The molecular formula is C21H22FN3O3. The van der Waals surface area contributed by atoms with Crippen LogP contribution < -0.4 is 20.7 Å². The van der Waals surface area contributed by atoms with Crippen molar-refractivity contribution in [3.63, 3.8) is 0 Å². The molecule has 4 rings (SSSR count). The zero-order chi connectivity index (χ0) is 19.7. The van der Waals surface area contributed by atoms with Crippen LogP contribution in [0.5, 0.6) is 5.75 Å². The molecule has 2 aromatic rings. The largest absolute Gasteiger partial charge is 0.448 e. The van der Waals surface area contributed by atoms with E-state index in [0.29, 0.717) is 29.8 Å². The van der Waals surface area contributed by atoms with Gasteiger partial charge in [0.25, 0.3) is 5.91 Å². The zero-order valence-electron chi connectivity index (χ0n) is 15.3. The number of nitrogens with two attached hydrogens (primary N) is 1. The third-order valence-corrected chi connectivity index (χ3v) is 5.21. The van der Waals surface area contributed by atoms with E-state index in [9.17, 15) is 9.90 Å². The highest BCUT2D eigenvalue weighted by Gasteiger charge is 2.28. The van der Waals surface area contributed by atoms with Crippen LogP contribution in [0.2, 0.25) is 0 Å². The number of nitrogens with one attached hydrogen (secondary N) is 1. The summed E-state index contributed by atoms with van der Waals surface area (Å²) in [5, 5.41) is 13.4. The van der Waals surface area contributed by atoms with Gasteiger partial charge in [0.1, 0.15) is 5.82 Å². The van der Waals surface area contributed by atoms with Gasteiger partial charge < -0.3 is 25.8 Å². The van der Waals surface area contributed by atoms with Gasteiger partial charge in [0, 0.05) is 18.0 Å². The van der Waals surface area contributed by atoms with Gasteiger partial charge in [0.05, 0.1) is 24.5 Å². The van der Waals surface area contributed by atoms with E-state index in [1.807, 2.05) is 12.1 Å². The number of primary amides is 1. The SMILES string of the molecule is NC(=O)C1=CN(Cc2cccc(C3CCNCC3O)c2F)c2ccccc2O1. The molecule has 1 amide bonds. The Morgan fingerprint density at radius 2 is 2.11 bits per heavy atom. The Balaban J connectivity index is 1.67. The summed E-state index contributed by atoms with van der Waals surface area (Å²) in [5.74, 6) is -0.763. The molecular weight excluding hydrogens is 361 g/mol. The molecule has 1 fully saturated rings. The number of nitrogens with zero attached hydrogens (tertiary/aromatic N) is 1. The summed E-state index contributed by atoms with van der Waals surface area (Å²) in [6, 6.07) is 12.4. The first-order chi connectivity index (χ1) is 13.5. The summed E-state index contributed by atoms with van der Waals surface area (Å²) in [5.41, 5.74) is 7.09. The summed E-state index contributed by atoms with van der Waals surface area (Å²) in [4.78, 5) is 13.4. The van der Waals surface area contributed by atoms with Crippen molar-refractivity contribution in [3.8, 4) is 5.75 Å². The number of aliphatic hydroxyl groups excluding tert-OH is 1. The number of piperidine rings is 1. The zero-order valence-corrected chi connectivity index (χ0v) is 15.3. The first kappa shape index (κ1) is 18.5. The number of halogens is 1. The van der Waals surface area contributed by atoms with E-state index in [0.717, 1.165) is 12.2 Å². The second-order valence-electron chi connectivity index (χ2n) is 7.04. The number of amides is 1. The molecule has 2 unspecified atom stereocenters. The second kappa shape index (κ2) is 7.61. The molecule has 0 radical (unpaired) electrons. The number of ether oxygens (including phenoxy) is 1. The molecule has 2 aliphatic heterocycles. The Hall–Kier alpha value is -2.90. The van der Waals surface area contributed by atoms with Crippen LogP contribution in [0.4, 0.5) is 10.1 Å². The van der Waals surface area contributed by atoms with Gasteiger partial charge in [-0.1, -0.05) is 30.3 Å². The number of hydrogen-bond acceptors (Lipinski definition) is 5. The van der Waals surface area contributed by atoms with E-state index in [1.165, 1.54) is 6.20 Å². The lowest BCUT2D eigenvalue weighted by atomic mass is 9.86. The minimum Gasteiger partial charge on any atom is -0.448 e. The Morgan fingerprint density at radius 3 is 2.89 bits per heavy atom. The van der Waals surface area contributed by atoms with E-state index in [-0.39, 0.29) is 24.0 Å². The third-order valence-electron chi connectivity index (χ3n) is 5.21. The summed E-state index contributed by atoms with van der Waals surface area (Å²) >= 11 is 0. The Labute approximate surface area is 162 Å². The Kier molecular flexibility index (Phi) is 5.02. The lowest BCUT2D eigenvalue weighted by molar-refractivity contribution is -0.116. The van der Waals surface area contributed by atoms with Gasteiger partial charge in [-0.15, -0.1) is 0 Å². The number of fused-ring (bicyclic) bond motifs is 1. The maximum atomic E-state index is 15.3. The van der Waals surface area contributed by atoms with Crippen LogP contribution in [0.1, 0.15) is 23.5 Å². The number of rotatable bonds is 4. The minimum atomic E-state index is -0.688. The van der Waals surface area contributed by atoms with Gasteiger partial charge in [-0.05, 0) is 30.7 Å². The topological polar surface area (TPSA) is 87.8 Å². The van der Waals surface area contributed by atoms with Gasteiger partial charge in [-0.3, -0.25) is 4.79 Å². The van der Waals surface area contributed by atoms with E-state index in [2.05, 4.69) is 5.32 Å². The van der Waals surface area contributed by atoms with Gasteiger partial charge in [-0.25, -0.2) is 4.39 Å². The van der Waals surface area contributed by atoms with Crippen molar-refractivity contribution in [3.05, 3.63) is 71.4 Å². The molecule has 0 aromatic heterocycles. The average molecular weight is 383 g/mol. The highest BCUT2D eigenvalue weighted by Crippen LogP contribution is 2.36. The van der Waals surface area contributed by atoms with Crippen LogP contribution >= 0.6 is 0 Å². The smallest absolute Gasteiger partial charge is 0.285 e. The number of anilines is 1. The fraction of sp³-hybridized carbons (Fsp3) is 0.286.